The van der Waals surface area contributed by atoms with E-state index in [1.807, 2.05) is 28.4 Å². The molecule has 4 heteroatoms. The molecule has 0 unspecified atom stereocenters. The van der Waals surface area contributed by atoms with Gasteiger partial charge in [-0.1, -0.05) is 40.2 Å². The summed E-state index contributed by atoms with van der Waals surface area (Å²) in [5.41, 5.74) is 8.08. The Kier molecular flexibility index (Phi) is 2.65. The number of hydrogen-bond acceptors (Lipinski definition) is 3. The molecule has 0 atom stereocenters. The first-order valence-electron chi connectivity index (χ1n) is 6.41. The van der Waals surface area contributed by atoms with Crippen LogP contribution in [0.15, 0.2) is 65.4 Å². The van der Waals surface area contributed by atoms with Gasteiger partial charge in [-0.25, -0.2) is 0 Å². The fraction of sp³-hybridized carbons (Fsp3) is 0. The molecule has 1 N–H and O–H groups in total. The summed E-state index contributed by atoms with van der Waals surface area (Å²) in [4.78, 5) is 0. The van der Waals surface area contributed by atoms with Crippen molar-refractivity contribution in [1.29, 1.82) is 0 Å². The predicted molar refractivity (Wildman–Crippen MR) is 85.0 cm³/mol. The molecule has 0 amide bonds. The molecule has 2 heterocycles. The lowest BCUT2D eigenvalue weighted by Crippen LogP contribution is -2.37. The van der Waals surface area contributed by atoms with Crippen molar-refractivity contribution < 1.29 is 0 Å². The number of rotatable bonds is 1. The van der Waals surface area contributed by atoms with Crippen LogP contribution in [0.1, 0.15) is 11.1 Å². The van der Waals surface area contributed by atoms with Crippen molar-refractivity contribution in [3.05, 3.63) is 76.5 Å². The number of anilines is 1. The third-order valence-corrected chi connectivity index (χ3v) is 4.00. The average molecular weight is 326 g/mol. The van der Waals surface area contributed by atoms with Gasteiger partial charge in [0, 0.05) is 22.4 Å². The lowest BCUT2D eigenvalue weighted by molar-refractivity contribution is 0.416. The molecule has 0 bridgehead atoms. The van der Waals surface area contributed by atoms with Crippen LogP contribution in [0.3, 0.4) is 0 Å². The van der Waals surface area contributed by atoms with E-state index in [-0.39, 0.29) is 0 Å². The minimum absolute atomic E-state index is 1.08. The number of benzene rings is 2. The summed E-state index contributed by atoms with van der Waals surface area (Å²) in [5.74, 6) is 0. The molecule has 2 aliphatic rings. The first-order valence-corrected chi connectivity index (χ1v) is 7.20. The van der Waals surface area contributed by atoms with Crippen LogP contribution in [-0.4, -0.2) is 5.01 Å². The van der Waals surface area contributed by atoms with Crippen LogP contribution in [0.5, 0.6) is 0 Å². The van der Waals surface area contributed by atoms with Crippen molar-refractivity contribution in [3.63, 3.8) is 0 Å². The third kappa shape index (κ3) is 1.85. The van der Waals surface area contributed by atoms with Crippen molar-refractivity contribution in [2.45, 2.75) is 0 Å². The van der Waals surface area contributed by atoms with Crippen molar-refractivity contribution in [2.24, 2.45) is 0 Å². The van der Waals surface area contributed by atoms with Crippen LogP contribution in [0.25, 0.3) is 11.8 Å². The fourth-order valence-electron chi connectivity index (χ4n) is 2.46. The predicted octanol–water partition coefficient (Wildman–Crippen LogP) is 3.97. The van der Waals surface area contributed by atoms with E-state index < -0.39 is 0 Å². The molecule has 0 saturated heterocycles. The van der Waals surface area contributed by atoms with Crippen LogP contribution in [-0.2, 0) is 0 Å². The molecule has 3 nitrogen and oxygen atoms in total. The molecule has 0 aliphatic carbocycles. The average Bonchev–Trinajstić information content (AvgIpc) is 2.92. The van der Waals surface area contributed by atoms with Crippen LogP contribution in [0, 0.1) is 0 Å². The van der Waals surface area contributed by atoms with Crippen LogP contribution < -0.4 is 10.5 Å². The molecule has 98 valence electrons. The van der Waals surface area contributed by atoms with E-state index >= 15 is 0 Å². The van der Waals surface area contributed by atoms with Crippen molar-refractivity contribution in [3.8, 4) is 0 Å². The molecule has 0 aromatic heterocycles. The molecular weight excluding hydrogens is 314 g/mol. The Morgan fingerprint density at radius 1 is 0.900 bits per heavy atom. The summed E-state index contributed by atoms with van der Waals surface area (Å²) in [6.45, 7) is 0. The second-order valence-corrected chi connectivity index (χ2v) is 5.65. The maximum Gasteiger partial charge on any atom is 0.0845 e. The Bertz CT molecular complexity index is 719. The highest BCUT2D eigenvalue weighted by atomic mass is 79.9. The molecule has 2 aliphatic heterocycles. The Morgan fingerprint density at radius 3 is 2.55 bits per heavy atom. The molecule has 20 heavy (non-hydrogen) atoms. The van der Waals surface area contributed by atoms with E-state index in [1.165, 1.54) is 11.1 Å². The minimum Gasteiger partial charge on any atom is -0.264 e. The van der Waals surface area contributed by atoms with Gasteiger partial charge in [-0.15, -0.1) is 5.53 Å². The second-order valence-electron chi connectivity index (χ2n) is 4.73. The first-order chi connectivity index (χ1) is 9.81. The maximum absolute atomic E-state index is 3.46. The largest absolute Gasteiger partial charge is 0.264 e. The quantitative estimate of drug-likeness (QED) is 0.855. The number of hydrazine groups is 2. The highest BCUT2D eigenvalue weighted by molar-refractivity contribution is 9.10. The van der Waals surface area contributed by atoms with E-state index in [9.17, 15) is 0 Å². The minimum atomic E-state index is 1.08. The molecule has 0 fully saturated rings. The van der Waals surface area contributed by atoms with Gasteiger partial charge in [0.05, 0.1) is 11.4 Å². The topological polar surface area (TPSA) is 18.5 Å². The van der Waals surface area contributed by atoms with E-state index in [1.54, 1.807) is 0 Å². The van der Waals surface area contributed by atoms with Gasteiger partial charge in [0.2, 0.25) is 0 Å². The summed E-state index contributed by atoms with van der Waals surface area (Å²) in [7, 11) is 0. The fourth-order valence-corrected chi connectivity index (χ4v) is 2.72. The van der Waals surface area contributed by atoms with E-state index in [0.29, 0.717) is 0 Å². The zero-order chi connectivity index (χ0) is 13.5. The maximum atomic E-state index is 3.46. The smallest absolute Gasteiger partial charge is 0.0845 e. The van der Waals surface area contributed by atoms with E-state index in [2.05, 4.69) is 70.1 Å². The van der Waals surface area contributed by atoms with Gasteiger partial charge in [0.25, 0.3) is 0 Å². The Morgan fingerprint density at radius 2 is 1.70 bits per heavy atom. The molecule has 0 saturated carbocycles. The van der Waals surface area contributed by atoms with Gasteiger partial charge < -0.3 is 0 Å². The highest BCUT2D eigenvalue weighted by Gasteiger charge is 2.24. The third-order valence-electron chi connectivity index (χ3n) is 3.47. The van der Waals surface area contributed by atoms with Gasteiger partial charge in [0.15, 0.2) is 0 Å². The SMILES string of the molecule is Brc1ccc(N2C=C3c4ccccc4C=CN3N2)cc1. The lowest BCUT2D eigenvalue weighted by Gasteiger charge is -2.24. The Hall–Kier alpha value is -2.04. The second kappa shape index (κ2) is 4.51. The van der Waals surface area contributed by atoms with Gasteiger partial charge in [-0.2, -0.15) is 0 Å². The lowest BCUT2D eigenvalue weighted by atomic mass is 10.0. The molecule has 0 spiro atoms. The van der Waals surface area contributed by atoms with Gasteiger partial charge in [-0.3, -0.25) is 10.0 Å². The van der Waals surface area contributed by atoms with Gasteiger partial charge in [-0.05, 0) is 35.9 Å². The number of nitrogens with one attached hydrogen (secondary N) is 1. The number of halogens is 1. The Labute approximate surface area is 125 Å². The summed E-state index contributed by atoms with van der Waals surface area (Å²) >= 11 is 3.46. The zero-order valence-electron chi connectivity index (χ0n) is 10.6. The molecule has 2 aromatic rings. The molecule has 2 aromatic carbocycles. The van der Waals surface area contributed by atoms with E-state index in [4.69, 9.17) is 0 Å². The Balaban J connectivity index is 1.74. The monoisotopic (exact) mass is 325 g/mol. The number of nitrogens with zero attached hydrogens (tertiary/aromatic N) is 2. The molecule has 4 rings (SSSR count). The van der Waals surface area contributed by atoms with Crippen molar-refractivity contribution in [1.82, 2.24) is 10.5 Å². The van der Waals surface area contributed by atoms with Gasteiger partial charge >= 0.3 is 0 Å². The first kappa shape index (κ1) is 11.8. The van der Waals surface area contributed by atoms with Crippen molar-refractivity contribution >= 4 is 33.4 Å². The number of fused-ring (bicyclic) bond motifs is 3. The summed E-state index contributed by atoms with van der Waals surface area (Å²) < 4.78 is 1.08. The standard InChI is InChI=1S/C16H12BrN3/c17-13-5-7-14(8-6-13)20-11-16-15-4-2-1-3-12(15)9-10-19(16)18-20/h1-11,18H. The zero-order valence-corrected chi connectivity index (χ0v) is 12.2. The van der Waals surface area contributed by atoms with Gasteiger partial charge in [0.1, 0.15) is 0 Å². The number of hydrogen-bond donors (Lipinski definition) is 1. The van der Waals surface area contributed by atoms with Crippen molar-refractivity contribution in [2.75, 3.05) is 5.01 Å². The normalized spacial score (nSPS) is 15.9. The van der Waals surface area contributed by atoms with Crippen LogP contribution in [0.2, 0.25) is 0 Å². The summed E-state index contributed by atoms with van der Waals surface area (Å²) in [6.07, 6.45) is 6.28. The summed E-state index contributed by atoms with van der Waals surface area (Å²) in [5, 5.41) is 4.05. The summed E-state index contributed by atoms with van der Waals surface area (Å²) in [6, 6.07) is 16.6. The highest BCUT2D eigenvalue weighted by Crippen LogP contribution is 2.33. The van der Waals surface area contributed by atoms with Crippen LogP contribution in [0.4, 0.5) is 5.69 Å². The molecule has 0 radical (unpaired) electrons. The van der Waals surface area contributed by atoms with Crippen LogP contribution >= 0.6 is 15.9 Å². The van der Waals surface area contributed by atoms with E-state index in [0.717, 1.165) is 15.9 Å². The molecular formula is C16H12BrN3.